The molecule has 0 saturated carbocycles. The van der Waals surface area contributed by atoms with Crippen molar-refractivity contribution in [2.24, 2.45) is 5.73 Å². The first kappa shape index (κ1) is 13.5. The molecule has 1 aromatic rings. The maximum absolute atomic E-state index is 11.2. The van der Waals surface area contributed by atoms with E-state index >= 15 is 0 Å². The Hall–Kier alpha value is -1.43. The number of likely N-dealkylation sites (tertiary alicyclic amines) is 1. The van der Waals surface area contributed by atoms with Crippen molar-refractivity contribution in [3.8, 4) is 0 Å². The van der Waals surface area contributed by atoms with Crippen LogP contribution in [0.4, 0.5) is 0 Å². The normalized spacial score (nSPS) is 21.6. The van der Waals surface area contributed by atoms with Crippen LogP contribution in [0.3, 0.4) is 0 Å². The fraction of sp³-hybridized carbons (Fsp3) is 0.533. The van der Waals surface area contributed by atoms with Gasteiger partial charge < -0.3 is 11.1 Å². The van der Waals surface area contributed by atoms with E-state index in [1.54, 1.807) is 6.07 Å². The van der Waals surface area contributed by atoms with Crippen LogP contribution >= 0.6 is 0 Å². The van der Waals surface area contributed by atoms with Gasteiger partial charge in [0, 0.05) is 57.4 Å². The number of nitrogens with zero attached hydrogens (tertiary/aromatic N) is 2. The van der Waals surface area contributed by atoms with Crippen molar-refractivity contribution in [3.05, 3.63) is 35.4 Å². The van der Waals surface area contributed by atoms with Gasteiger partial charge in [0.2, 0.25) is 5.91 Å². The van der Waals surface area contributed by atoms with Crippen molar-refractivity contribution in [1.29, 1.82) is 0 Å². The quantitative estimate of drug-likeness (QED) is 0.803. The van der Waals surface area contributed by atoms with E-state index in [2.05, 4.69) is 21.2 Å². The van der Waals surface area contributed by atoms with Crippen LogP contribution in [-0.4, -0.2) is 61.0 Å². The lowest BCUT2D eigenvalue weighted by Crippen LogP contribution is -2.62. The summed E-state index contributed by atoms with van der Waals surface area (Å²) in [6.45, 7) is 7.70. The Balaban J connectivity index is 1.51. The number of nitrogens with two attached hydrogens (primary N) is 1. The second-order valence-electron chi connectivity index (χ2n) is 5.70. The molecule has 108 valence electrons. The highest BCUT2D eigenvalue weighted by Crippen LogP contribution is 2.18. The Labute approximate surface area is 119 Å². The molecule has 0 unspecified atom stereocenters. The number of nitrogens with one attached hydrogen (secondary N) is 1. The summed E-state index contributed by atoms with van der Waals surface area (Å²) >= 11 is 0. The van der Waals surface area contributed by atoms with Crippen molar-refractivity contribution in [3.63, 3.8) is 0 Å². The lowest BCUT2D eigenvalue weighted by atomic mass is 10.0. The van der Waals surface area contributed by atoms with Gasteiger partial charge in [0.25, 0.3) is 0 Å². The fourth-order valence-corrected chi connectivity index (χ4v) is 3.03. The van der Waals surface area contributed by atoms with Crippen molar-refractivity contribution < 1.29 is 4.79 Å². The van der Waals surface area contributed by atoms with Crippen LogP contribution in [0, 0.1) is 0 Å². The minimum atomic E-state index is -0.353. The largest absolute Gasteiger partial charge is 0.366 e. The molecule has 2 aliphatic rings. The van der Waals surface area contributed by atoms with E-state index in [1.165, 1.54) is 5.56 Å². The molecule has 1 aromatic carbocycles. The van der Waals surface area contributed by atoms with Gasteiger partial charge in [0.15, 0.2) is 0 Å². The standard InChI is InChI=1S/C15H22N4O/c16-15(20)13-3-1-2-12(8-13)9-18-10-14(11-18)19-6-4-17-5-7-19/h1-3,8,14,17H,4-7,9-11H2,(H2,16,20). The second kappa shape index (κ2) is 5.91. The smallest absolute Gasteiger partial charge is 0.248 e. The molecule has 2 heterocycles. The van der Waals surface area contributed by atoms with Crippen molar-refractivity contribution in [2.45, 2.75) is 12.6 Å². The van der Waals surface area contributed by atoms with Crippen molar-refractivity contribution >= 4 is 5.91 Å². The zero-order valence-electron chi connectivity index (χ0n) is 11.7. The van der Waals surface area contributed by atoms with E-state index in [-0.39, 0.29) is 5.91 Å². The highest BCUT2D eigenvalue weighted by atomic mass is 16.1. The van der Waals surface area contributed by atoms with E-state index in [0.717, 1.165) is 45.8 Å². The van der Waals surface area contributed by atoms with Gasteiger partial charge in [0.1, 0.15) is 0 Å². The lowest BCUT2D eigenvalue weighted by molar-refractivity contribution is 0.0223. The molecule has 2 saturated heterocycles. The number of hydrogen-bond acceptors (Lipinski definition) is 4. The summed E-state index contributed by atoms with van der Waals surface area (Å²) in [6.07, 6.45) is 0. The van der Waals surface area contributed by atoms with E-state index in [1.807, 2.05) is 12.1 Å². The molecule has 5 nitrogen and oxygen atoms in total. The number of benzene rings is 1. The zero-order chi connectivity index (χ0) is 13.9. The minimum Gasteiger partial charge on any atom is -0.366 e. The first-order valence-corrected chi connectivity index (χ1v) is 7.28. The third kappa shape index (κ3) is 3.00. The van der Waals surface area contributed by atoms with Crippen LogP contribution in [0.15, 0.2) is 24.3 Å². The SMILES string of the molecule is NC(=O)c1cccc(CN2CC(N3CCNCC3)C2)c1. The molecule has 0 spiro atoms. The summed E-state index contributed by atoms with van der Waals surface area (Å²) in [6, 6.07) is 8.34. The van der Waals surface area contributed by atoms with Crippen LogP contribution in [0.1, 0.15) is 15.9 Å². The summed E-state index contributed by atoms with van der Waals surface area (Å²) in [5.41, 5.74) is 7.08. The van der Waals surface area contributed by atoms with Crippen molar-refractivity contribution in [1.82, 2.24) is 15.1 Å². The van der Waals surface area contributed by atoms with Crippen molar-refractivity contribution in [2.75, 3.05) is 39.3 Å². The Kier molecular flexibility index (Phi) is 4.00. The van der Waals surface area contributed by atoms with Gasteiger partial charge in [-0.25, -0.2) is 0 Å². The predicted octanol–water partition coefficient (Wildman–Crippen LogP) is -0.125. The summed E-state index contributed by atoms with van der Waals surface area (Å²) in [4.78, 5) is 16.2. The van der Waals surface area contributed by atoms with E-state index < -0.39 is 0 Å². The number of primary amides is 1. The van der Waals surface area contributed by atoms with Gasteiger partial charge in [0.05, 0.1) is 0 Å². The summed E-state index contributed by atoms with van der Waals surface area (Å²) in [5.74, 6) is -0.353. The molecule has 0 aliphatic carbocycles. The van der Waals surface area contributed by atoms with E-state index in [9.17, 15) is 4.79 Å². The van der Waals surface area contributed by atoms with Gasteiger partial charge >= 0.3 is 0 Å². The topological polar surface area (TPSA) is 61.6 Å². The summed E-state index contributed by atoms with van der Waals surface area (Å²) < 4.78 is 0. The molecular formula is C15H22N4O. The minimum absolute atomic E-state index is 0.353. The average molecular weight is 274 g/mol. The Morgan fingerprint density at radius 1 is 1.30 bits per heavy atom. The molecule has 0 aromatic heterocycles. The predicted molar refractivity (Wildman–Crippen MR) is 78.5 cm³/mol. The molecule has 2 fully saturated rings. The fourth-order valence-electron chi connectivity index (χ4n) is 3.03. The molecule has 5 heteroatoms. The van der Waals surface area contributed by atoms with Gasteiger partial charge in [-0.05, 0) is 17.7 Å². The van der Waals surface area contributed by atoms with E-state index in [0.29, 0.717) is 11.6 Å². The Morgan fingerprint density at radius 3 is 2.75 bits per heavy atom. The molecule has 3 N–H and O–H groups in total. The highest BCUT2D eigenvalue weighted by Gasteiger charge is 2.31. The van der Waals surface area contributed by atoms with Gasteiger partial charge in [-0.3, -0.25) is 14.6 Å². The third-order valence-electron chi connectivity index (χ3n) is 4.22. The van der Waals surface area contributed by atoms with Crippen LogP contribution in [0.5, 0.6) is 0 Å². The number of piperazine rings is 1. The maximum atomic E-state index is 11.2. The number of rotatable bonds is 4. The molecule has 0 atom stereocenters. The van der Waals surface area contributed by atoms with Crippen LogP contribution < -0.4 is 11.1 Å². The molecule has 0 bridgehead atoms. The van der Waals surface area contributed by atoms with Gasteiger partial charge in [-0.2, -0.15) is 0 Å². The molecule has 1 amide bonds. The van der Waals surface area contributed by atoms with Crippen LogP contribution in [0.25, 0.3) is 0 Å². The summed E-state index contributed by atoms with van der Waals surface area (Å²) in [7, 11) is 0. The molecular weight excluding hydrogens is 252 g/mol. The van der Waals surface area contributed by atoms with Gasteiger partial charge in [-0.15, -0.1) is 0 Å². The highest BCUT2D eigenvalue weighted by molar-refractivity contribution is 5.92. The zero-order valence-corrected chi connectivity index (χ0v) is 11.7. The number of amides is 1. The van der Waals surface area contributed by atoms with Crippen LogP contribution in [0.2, 0.25) is 0 Å². The molecule has 0 radical (unpaired) electrons. The van der Waals surface area contributed by atoms with Crippen LogP contribution in [-0.2, 0) is 6.54 Å². The number of hydrogen-bond donors (Lipinski definition) is 2. The Morgan fingerprint density at radius 2 is 2.05 bits per heavy atom. The molecule has 3 rings (SSSR count). The maximum Gasteiger partial charge on any atom is 0.248 e. The van der Waals surface area contributed by atoms with Gasteiger partial charge in [-0.1, -0.05) is 12.1 Å². The van der Waals surface area contributed by atoms with E-state index in [4.69, 9.17) is 5.73 Å². The lowest BCUT2D eigenvalue weighted by Gasteiger charge is -2.47. The average Bonchev–Trinajstić information content (AvgIpc) is 2.43. The third-order valence-corrected chi connectivity index (χ3v) is 4.22. The summed E-state index contributed by atoms with van der Waals surface area (Å²) in [5, 5.41) is 3.39. The first-order chi connectivity index (χ1) is 9.72. The monoisotopic (exact) mass is 274 g/mol. The molecule has 2 aliphatic heterocycles. The Bertz CT molecular complexity index is 479. The number of carbonyl (C=O) groups excluding carboxylic acids is 1. The first-order valence-electron chi connectivity index (χ1n) is 7.28. The second-order valence-corrected chi connectivity index (χ2v) is 5.70. The molecule has 20 heavy (non-hydrogen) atoms. The number of carbonyl (C=O) groups is 1.